The fraction of sp³-hybridized carbons (Fsp3) is 0.594. The van der Waals surface area contributed by atoms with E-state index in [0.29, 0.717) is 18.9 Å². The lowest BCUT2D eigenvalue weighted by Gasteiger charge is -2.36. The van der Waals surface area contributed by atoms with Gasteiger partial charge in [0.05, 0.1) is 18.7 Å². The average molecular weight is 604 g/mol. The van der Waals surface area contributed by atoms with Gasteiger partial charge in [-0.2, -0.15) is 13.2 Å². The lowest BCUT2D eigenvalue weighted by atomic mass is 9.72. The van der Waals surface area contributed by atoms with Gasteiger partial charge in [-0.1, -0.05) is 45.0 Å². The van der Waals surface area contributed by atoms with Gasteiger partial charge in [0.15, 0.2) is 0 Å². The molecule has 1 saturated carbocycles. The van der Waals surface area contributed by atoms with Crippen molar-refractivity contribution in [3.63, 3.8) is 0 Å². The van der Waals surface area contributed by atoms with Crippen molar-refractivity contribution in [3.05, 3.63) is 58.8 Å². The number of methoxy groups -OCH3 is 1. The monoisotopic (exact) mass is 603 g/mol. The SMILES string of the molecule is COc1ncc(C(F)(F)F)cc1CN[C@H]1[C@H](C(C)(C)C)[C@@H](C(=O)O)N(C(=O)[C@@H]2CCCCO2)[C@H]1c1ccccc1C1CC1. The highest BCUT2D eigenvalue weighted by Gasteiger charge is 2.59. The summed E-state index contributed by atoms with van der Waals surface area (Å²) >= 11 is 0. The molecule has 1 aromatic heterocycles. The first kappa shape index (κ1) is 31.3. The van der Waals surface area contributed by atoms with Crippen molar-refractivity contribution in [2.75, 3.05) is 13.7 Å². The van der Waals surface area contributed by atoms with Crippen LogP contribution in [0.2, 0.25) is 0 Å². The molecule has 0 spiro atoms. The molecule has 43 heavy (non-hydrogen) atoms. The minimum atomic E-state index is -4.60. The summed E-state index contributed by atoms with van der Waals surface area (Å²) in [6, 6.07) is 6.32. The largest absolute Gasteiger partial charge is 0.481 e. The molecule has 5 rings (SSSR count). The Morgan fingerprint density at radius 2 is 1.81 bits per heavy atom. The number of hydrogen-bond acceptors (Lipinski definition) is 6. The van der Waals surface area contributed by atoms with Crippen LogP contribution in [0, 0.1) is 11.3 Å². The number of likely N-dealkylation sites (tertiary alicyclic amines) is 1. The molecule has 11 heteroatoms. The van der Waals surface area contributed by atoms with Gasteiger partial charge in [-0.25, -0.2) is 9.78 Å². The van der Waals surface area contributed by atoms with Crippen LogP contribution in [0.3, 0.4) is 0 Å². The molecule has 0 bridgehead atoms. The number of amides is 1. The summed E-state index contributed by atoms with van der Waals surface area (Å²) in [5, 5.41) is 14.1. The topological polar surface area (TPSA) is 101 Å². The summed E-state index contributed by atoms with van der Waals surface area (Å²) in [4.78, 5) is 32.8. The van der Waals surface area contributed by atoms with E-state index < -0.39 is 53.3 Å². The van der Waals surface area contributed by atoms with Gasteiger partial charge in [-0.15, -0.1) is 0 Å². The van der Waals surface area contributed by atoms with Gasteiger partial charge in [0.2, 0.25) is 5.88 Å². The molecule has 1 aliphatic carbocycles. The number of hydrogen-bond donors (Lipinski definition) is 2. The maximum atomic E-state index is 14.3. The van der Waals surface area contributed by atoms with Crippen molar-refractivity contribution in [3.8, 4) is 5.88 Å². The number of carbonyl (C=O) groups excluding carboxylic acids is 1. The molecule has 3 aliphatic rings. The Labute approximate surface area is 250 Å². The molecule has 1 aromatic carbocycles. The summed E-state index contributed by atoms with van der Waals surface area (Å²) in [5.74, 6) is -1.73. The molecule has 3 fully saturated rings. The zero-order chi connectivity index (χ0) is 31.1. The molecule has 2 aliphatic heterocycles. The van der Waals surface area contributed by atoms with E-state index in [2.05, 4.69) is 10.3 Å². The summed E-state index contributed by atoms with van der Waals surface area (Å²) in [5.41, 5.74) is 0.602. The minimum absolute atomic E-state index is 0.0408. The number of carbonyl (C=O) groups is 2. The van der Waals surface area contributed by atoms with Crippen molar-refractivity contribution in [1.29, 1.82) is 0 Å². The Morgan fingerprint density at radius 1 is 1.12 bits per heavy atom. The van der Waals surface area contributed by atoms with Crippen LogP contribution in [0.25, 0.3) is 0 Å². The number of ether oxygens (including phenoxy) is 2. The molecule has 2 saturated heterocycles. The highest BCUT2D eigenvalue weighted by Crippen LogP contribution is 2.52. The third-order valence-corrected chi connectivity index (χ3v) is 8.94. The molecule has 1 amide bonds. The molecular formula is C32H40F3N3O5. The number of carboxylic acids is 1. The number of carboxylic acid groups (broad SMARTS) is 1. The van der Waals surface area contributed by atoms with E-state index >= 15 is 0 Å². The van der Waals surface area contributed by atoms with E-state index in [1.807, 2.05) is 45.0 Å². The van der Waals surface area contributed by atoms with Crippen LogP contribution in [0.5, 0.6) is 5.88 Å². The number of aromatic nitrogens is 1. The van der Waals surface area contributed by atoms with E-state index in [1.54, 1.807) is 0 Å². The van der Waals surface area contributed by atoms with Crippen molar-refractivity contribution in [2.24, 2.45) is 11.3 Å². The lowest BCUT2D eigenvalue weighted by molar-refractivity contribution is -0.159. The van der Waals surface area contributed by atoms with Crippen LogP contribution in [-0.4, -0.2) is 58.8 Å². The summed E-state index contributed by atoms with van der Waals surface area (Å²) < 4.78 is 52.0. The molecule has 5 atom stereocenters. The predicted octanol–water partition coefficient (Wildman–Crippen LogP) is 5.71. The van der Waals surface area contributed by atoms with E-state index in [4.69, 9.17) is 9.47 Å². The van der Waals surface area contributed by atoms with E-state index in [9.17, 15) is 27.9 Å². The Kier molecular flexibility index (Phi) is 8.77. The molecule has 0 radical (unpaired) electrons. The maximum absolute atomic E-state index is 14.3. The van der Waals surface area contributed by atoms with Crippen LogP contribution in [0.15, 0.2) is 36.5 Å². The van der Waals surface area contributed by atoms with Crippen molar-refractivity contribution in [2.45, 2.75) is 95.7 Å². The first-order chi connectivity index (χ1) is 20.3. The fourth-order valence-corrected chi connectivity index (χ4v) is 6.89. The first-order valence-electron chi connectivity index (χ1n) is 14.9. The van der Waals surface area contributed by atoms with Crippen LogP contribution >= 0.6 is 0 Å². The third kappa shape index (κ3) is 6.38. The highest BCUT2D eigenvalue weighted by molar-refractivity contribution is 5.88. The quantitative estimate of drug-likeness (QED) is 0.399. The Bertz CT molecular complexity index is 1330. The summed E-state index contributed by atoms with van der Waals surface area (Å²) in [6.07, 6.45) is -0.476. The van der Waals surface area contributed by atoms with Gasteiger partial charge in [0.1, 0.15) is 12.1 Å². The normalized spacial score (nSPS) is 26.4. The Hall–Kier alpha value is -3.18. The van der Waals surface area contributed by atoms with Crippen LogP contribution in [0.4, 0.5) is 13.2 Å². The molecule has 0 unspecified atom stereocenters. The Morgan fingerprint density at radius 3 is 2.37 bits per heavy atom. The van der Waals surface area contributed by atoms with E-state index in [0.717, 1.165) is 49.1 Å². The molecule has 2 N–H and O–H groups in total. The average Bonchev–Trinajstić information content (AvgIpc) is 3.75. The zero-order valence-electron chi connectivity index (χ0n) is 25.0. The minimum Gasteiger partial charge on any atom is -0.481 e. The van der Waals surface area contributed by atoms with Crippen LogP contribution < -0.4 is 10.1 Å². The molecule has 234 valence electrons. The number of alkyl halides is 3. The van der Waals surface area contributed by atoms with Gasteiger partial charge in [-0.05, 0) is 60.6 Å². The smallest absolute Gasteiger partial charge is 0.417 e. The van der Waals surface area contributed by atoms with Gasteiger partial charge < -0.3 is 24.8 Å². The number of rotatable bonds is 8. The second-order valence-corrected chi connectivity index (χ2v) is 12.9. The Balaban J connectivity index is 1.63. The van der Waals surface area contributed by atoms with Crippen molar-refractivity contribution in [1.82, 2.24) is 15.2 Å². The highest BCUT2D eigenvalue weighted by atomic mass is 19.4. The molecule has 8 nitrogen and oxygen atoms in total. The second kappa shape index (κ2) is 12.1. The fourth-order valence-electron chi connectivity index (χ4n) is 6.89. The number of pyridine rings is 1. The third-order valence-electron chi connectivity index (χ3n) is 8.94. The second-order valence-electron chi connectivity index (χ2n) is 12.9. The van der Waals surface area contributed by atoms with Crippen molar-refractivity contribution >= 4 is 11.9 Å². The van der Waals surface area contributed by atoms with Crippen molar-refractivity contribution < 1.29 is 37.3 Å². The number of benzene rings is 1. The number of aliphatic carboxylic acids is 1. The molecular weight excluding hydrogens is 563 g/mol. The lowest BCUT2D eigenvalue weighted by Crippen LogP contribution is -2.51. The van der Waals surface area contributed by atoms with Crippen LogP contribution in [-0.2, 0) is 27.0 Å². The van der Waals surface area contributed by atoms with Gasteiger partial charge >= 0.3 is 12.1 Å². The van der Waals surface area contributed by atoms with Gasteiger partial charge in [0.25, 0.3) is 5.91 Å². The molecule has 2 aromatic rings. The predicted molar refractivity (Wildman–Crippen MR) is 152 cm³/mol. The van der Waals surface area contributed by atoms with Crippen LogP contribution in [0.1, 0.15) is 87.1 Å². The summed E-state index contributed by atoms with van der Waals surface area (Å²) in [6.45, 7) is 6.16. The van der Waals surface area contributed by atoms with E-state index in [-0.39, 0.29) is 23.9 Å². The number of nitrogens with one attached hydrogen (secondary N) is 1. The molecule has 3 heterocycles. The first-order valence-corrected chi connectivity index (χ1v) is 14.9. The number of halogens is 3. The standard InChI is InChI=1S/C32H40F3N3O5/c1-31(2,3)24-25(36-16-19-15-20(32(33,34)35)17-37-28(19)42-4)26(22-10-6-5-9-21(22)18-12-13-18)38(27(24)30(40)41)29(39)23-11-7-8-14-43-23/h5-6,9-10,15,17-18,23-27,36H,7-8,11-14,16H2,1-4H3,(H,40,41)/t23-,24-,25-,26-,27-/m0/s1. The van der Waals surface area contributed by atoms with Gasteiger partial charge in [-0.3, -0.25) is 4.79 Å². The zero-order valence-corrected chi connectivity index (χ0v) is 25.0. The number of nitrogens with zero attached hydrogens (tertiary/aromatic N) is 2. The summed E-state index contributed by atoms with van der Waals surface area (Å²) in [7, 11) is 1.34. The van der Waals surface area contributed by atoms with Gasteiger partial charge in [0, 0.05) is 36.9 Å². The van der Waals surface area contributed by atoms with E-state index in [1.165, 1.54) is 12.0 Å². The maximum Gasteiger partial charge on any atom is 0.417 e.